The van der Waals surface area contributed by atoms with Gasteiger partial charge in [0.05, 0.1) is 12.1 Å². The summed E-state index contributed by atoms with van der Waals surface area (Å²) >= 11 is 1.46. The highest BCUT2D eigenvalue weighted by Gasteiger charge is 2.15. The molecule has 1 heterocycles. The molecule has 0 saturated heterocycles. The van der Waals surface area contributed by atoms with Crippen molar-refractivity contribution in [1.29, 1.82) is 0 Å². The number of carbonyl (C=O) groups excluding carboxylic acids is 2. The average Bonchev–Trinajstić information content (AvgIpc) is 3.08. The maximum absolute atomic E-state index is 12.2. The summed E-state index contributed by atoms with van der Waals surface area (Å²) in [7, 11) is 1.63. The van der Waals surface area contributed by atoms with Crippen molar-refractivity contribution in [2.45, 2.75) is 0 Å². The molecule has 3 rings (SSSR count). The van der Waals surface area contributed by atoms with E-state index < -0.39 is 0 Å². The van der Waals surface area contributed by atoms with Gasteiger partial charge in [-0.15, -0.1) is 0 Å². The van der Waals surface area contributed by atoms with E-state index in [0.717, 1.165) is 16.5 Å². The van der Waals surface area contributed by atoms with E-state index >= 15 is 0 Å². The van der Waals surface area contributed by atoms with E-state index in [-0.39, 0.29) is 18.4 Å². The van der Waals surface area contributed by atoms with Gasteiger partial charge in [0.1, 0.15) is 0 Å². The van der Waals surface area contributed by atoms with Gasteiger partial charge in [0.15, 0.2) is 0 Å². The van der Waals surface area contributed by atoms with Crippen LogP contribution in [0.2, 0.25) is 0 Å². The lowest BCUT2D eigenvalue weighted by Gasteiger charge is -2.16. The van der Waals surface area contributed by atoms with Gasteiger partial charge in [0.2, 0.25) is 5.91 Å². The zero-order valence-corrected chi connectivity index (χ0v) is 13.5. The number of carbonyl (C=O) groups is 2. The first-order valence-corrected chi connectivity index (χ1v) is 8.15. The molecule has 2 aromatic carbocycles. The number of amides is 2. The maximum Gasteiger partial charge on any atom is 0.254 e. The summed E-state index contributed by atoms with van der Waals surface area (Å²) in [6.45, 7) is 0.0118. The number of nitrogens with zero attached hydrogens (tertiary/aromatic N) is 1. The van der Waals surface area contributed by atoms with E-state index in [4.69, 9.17) is 0 Å². The van der Waals surface area contributed by atoms with Crippen LogP contribution in [-0.4, -0.2) is 30.3 Å². The van der Waals surface area contributed by atoms with Crippen molar-refractivity contribution in [2.24, 2.45) is 0 Å². The van der Waals surface area contributed by atoms with Crippen LogP contribution in [0.5, 0.6) is 0 Å². The monoisotopic (exact) mass is 324 g/mol. The van der Waals surface area contributed by atoms with Crippen LogP contribution in [0.4, 0.5) is 5.69 Å². The molecule has 0 fully saturated rings. The molecule has 0 bridgehead atoms. The van der Waals surface area contributed by atoms with Gasteiger partial charge in [0, 0.05) is 23.5 Å². The highest BCUT2D eigenvalue weighted by molar-refractivity contribution is 7.08. The van der Waals surface area contributed by atoms with Crippen molar-refractivity contribution >= 4 is 39.6 Å². The third-order valence-electron chi connectivity index (χ3n) is 3.56. The van der Waals surface area contributed by atoms with Gasteiger partial charge >= 0.3 is 0 Å². The number of benzene rings is 2. The molecule has 0 unspecified atom stereocenters. The Morgan fingerprint density at radius 3 is 2.65 bits per heavy atom. The molecule has 1 aromatic heterocycles. The number of anilines is 1. The molecule has 3 aromatic rings. The van der Waals surface area contributed by atoms with Crippen molar-refractivity contribution in [3.05, 3.63) is 64.9 Å². The van der Waals surface area contributed by atoms with Crippen LogP contribution in [0, 0.1) is 0 Å². The molecule has 0 aliphatic heterocycles. The molecule has 23 heavy (non-hydrogen) atoms. The first kappa shape index (κ1) is 15.2. The fourth-order valence-electron chi connectivity index (χ4n) is 2.42. The Kier molecular flexibility index (Phi) is 4.39. The van der Waals surface area contributed by atoms with Crippen LogP contribution in [0.15, 0.2) is 59.3 Å². The van der Waals surface area contributed by atoms with Gasteiger partial charge in [-0.1, -0.05) is 36.4 Å². The zero-order chi connectivity index (χ0) is 16.2. The third kappa shape index (κ3) is 3.40. The lowest BCUT2D eigenvalue weighted by molar-refractivity contribution is -0.116. The van der Waals surface area contributed by atoms with Crippen LogP contribution in [0.25, 0.3) is 10.8 Å². The summed E-state index contributed by atoms with van der Waals surface area (Å²) in [6.07, 6.45) is 0. The quantitative estimate of drug-likeness (QED) is 0.797. The maximum atomic E-state index is 12.2. The normalized spacial score (nSPS) is 10.5. The first-order valence-electron chi connectivity index (χ1n) is 7.20. The number of thiophene rings is 1. The van der Waals surface area contributed by atoms with E-state index in [1.165, 1.54) is 16.2 Å². The minimum Gasteiger partial charge on any atom is -0.332 e. The molecule has 0 saturated carbocycles. The zero-order valence-electron chi connectivity index (χ0n) is 12.7. The van der Waals surface area contributed by atoms with Gasteiger partial charge in [-0.05, 0) is 22.9 Å². The molecular formula is C18H16N2O2S. The summed E-state index contributed by atoms with van der Waals surface area (Å²) in [5.74, 6) is -0.369. The van der Waals surface area contributed by atoms with Gasteiger partial charge in [0.25, 0.3) is 5.91 Å². The highest BCUT2D eigenvalue weighted by atomic mass is 32.1. The molecule has 2 amide bonds. The Morgan fingerprint density at radius 2 is 1.87 bits per heavy atom. The van der Waals surface area contributed by atoms with Crippen LogP contribution in [-0.2, 0) is 4.79 Å². The Morgan fingerprint density at radius 1 is 1.09 bits per heavy atom. The van der Waals surface area contributed by atoms with Crippen LogP contribution < -0.4 is 5.32 Å². The number of hydrogen-bond donors (Lipinski definition) is 1. The smallest absolute Gasteiger partial charge is 0.254 e. The summed E-state index contributed by atoms with van der Waals surface area (Å²) in [5.41, 5.74) is 1.36. The second-order valence-corrected chi connectivity index (χ2v) is 6.03. The average molecular weight is 324 g/mol. The predicted molar refractivity (Wildman–Crippen MR) is 93.9 cm³/mol. The standard InChI is InChI=1S/C18H16N2O2S/c1-20(18(22)14-9-10-23-12-14)11-17(21)19-16-8-4-6-13-5-2-3-7-15(13)16/h2-10,12H,11H2,1H3,(H,19,21). The second kappa shape index (κ2) is 6.62. The SMILES string of the molecule is CN(CC(=O)Nc1cccc2ccccc12)C(=O)c1ccsc1. The van der Waals surface area contributed by atoms with Crippen molar-refractivity contribution in [3.63, 3.8) is 0 Å². The van der Waals surface area contributed by atoms with E-state index in [1.54, 1.807) is 18.5 Å². The van der Waals surface area contributed by atoms with Gasteiger partial charge in [-0.3, -0.25) is 9.59 Å². The van der Waals surface area contributed by atoms with Crippen LogP contribution in [0.3, 0.4) is 0 Å². The molecule has 0 radical (unpaired) electrons. The third-order valence-corrected chi connectivity index (χ3v) is 4.24. The molecule has 0 atom stereocenters. The number of rotatable bonds is 4. The highest BCUT2D eigenvalue weighted by Crippen LogP contribution is 2.22. The summed E-state index contributed by atoms with van der Waals surface area (Å²) in [5, 5.41) is 8.55. The predicted octanol–water partition coefficient (Wildman–Crippen LogP) is 3.61. The molecule has 1 N–H and O–H groups in total. The van der Waals surface area contributed by atoms with Crippen LogP contribution in [0.1, 0.15) is 10.4 Å². The van der Waals surface area contributed by atoms with Crippen molar-refractivity contribution < 1.29 is 9.59 Å². The molecule has 0 spiro atoms. The topological polar surface area (TPSA) is 49.4 Å². The van der Waals surface area contributed by atoms with Crippen molar-refractivity contribution in [1.82, 2.24) is 4.90 Å². The molecule has 0 aliphatic carbocycles. The lowest BCUT2D eigenvalue weighted by atomic mass is 10.1. The largest absolute Gasteiger partial charge is 0.332 e. The number of nitrogens with one attached hydrogen (secondary N) is 1. The van der Waals surface area contributed by atoms with Crippen molar-refractivity contribution in [2.75, 3.05) is 18.9 Å². The number of fused-ring (bicyclic) bond motifs is 1. The van der Waals surface area contributed by atoms with E-state index in [0.29, 0.717) is 5.56 Å². The Labute approximate surface area is 138 Å². The first-order chi connectivity index (χ1) is 11.1. The Balaban J connectivity index is 1.70. The molecular weight excluding hydrogens is 308 g/mol. The molecule has 116 valence electrons. The van der Waals surface area contributed by atoms with Gasteiger partial charge < -0.3 is 10.2 Å². The molecule has 5 heteroatoms. The summed E-state index contributed by atoms with van der Waals surface area (Å²) in [4.78, 5) is 25.8. The number of likely N-dealkylation sites (N-methyl/N-ethyl adjacent to an activating group) is 1. The van der Waals surface area contributed by atoms with E-state index in [9.17, 15) is 9.59 Å². The molecule has 0 aliphatic rings. The Hall–Kier alpha value is -2.66. The Bertz CT molecular complexity index is 838. The fourth-order valence-corrected chi connectivity index (χ4v) is 3.05. The summed E-state index contributed by atoms with van der Waals surface area (Å²) < 4.78 is 0. The summed E-state index contributed by atoms with van der Waals surface area (Å²) in [6, 6.07) is 15.4. The second-order valence-electron chi connectivity index (χ2n) is 5.25. The minimum atomic E-state index is -0.215. The van der Waals surface area contributed by atoms with Gasteiger partial charge in [-0.25, -0.2) is 0 Å². The van der Waals surface area contributed by atoms with Crippen LogP contribution >= 0.6 is 11.3 Å². The van der Waals surface area contributed by atoms with Gasteiger partial charge in [-0.2, -0.15) is 11.3 Å². The lowest BCUT2D eigenvalue weighted by Crippen LogP contribution is -2.34. The number of hydrogen-bond acceptors (Lipinski definition) is 3. The minimum absolute atomic E-state index is 0.0118. The molecule has 4 nitrogen and oxygen atoms in total. The fraction of sp³-hybridized carbons (Fsp3) is 0.111. The van der Waals surface area contributed by atoms with E-state index in [1.807, 2.05) is 47.8 Å². The van der Waals surface area contributed by atoms with E-state index in [2.05, 4.69) is 5.32 Å². The van der Waals surface area contributed by atoms with Crippen molar-refractivity contribution in [3.8, 4) is 0 Å².